The van der Waals surface area contributed by atoms with Gasteiger partial charge in [-0.15, -0.1) is 0 Å². The predicted molar refractivity (Wildman–Crippen MR) is 85.0 cm³/mol. The van der Waals surface area contributed by atoms with E-state index in [2.05, 4.69) is 12.1 Å². The summed E-state index contributed by atoms with van der Waals surface area (Å²) in [5.41, 5.74) is 0.373. The molecule has 23 heavy (non-hydrogen) atoms. The monoisotopic (exact) mass is 317 g/mol. The second-order valence-electron chi connectivity index (χ2n) is 6.64. The van der Waals surface area contributed by atoms with Crippen LogP contribution >= 0.6 is 0 Å². The number of amides is 1. The number of aliphatic carboxylic acids is 1. The van der Waals surface area contributed by atoms with Gasteiger partial charge in [-0.25, -0.2) is 0 Å². The smallest absolute Gasteiger partial charge is 0.310 e. The quantitative estimate of drug-likeness (QED) is 0.903. The Labute approximate surface area is 136 Å². The second-order valence-corrected chi connectivity index (χ2v) is 6.64. The van der Waals surface area contributed by atoms with Crippen LogP contribution in [0.3, 0.4) is 0 Å². The van der Waals surface area contributed by atoms with Gasteiger partial charge in [-0.05, 0) is 18.4 Å². The zero-order chi connectivity index (χ0) is 16.3. The van der Waals surface area contributed by atoms with Gasteiger partial charge in [0.2, 0.25) is 5.91 Å². The molecule has 0 aromatic heterocycles. The highest BCUT2D eigenvalue weighted by Gasteiger charge is 2.46. The Morgan fingerprint density at radius 2 is 2.00 bits per heavy atom. The first-order valence-corrected chi connectivity index (χ1v) is 8.26. The number of carbonyl (C=O) groups is 2. The Kier molecular flexibility index (Phi) is 4.66. The van der Waals surface area contributed by atoms with Crippen LogP contribution < -0.4 is 0 Å². The molecule has 3 rings (SSSR count). The molecule has 1 heterocycles. The van der Waals surface area contributed by atoms with Crippen molar-refractivity contribution in [2.45, 2.75) is 38.2 Å². The van der Waals surface area contributed by atoms with Gasteiger partial charge in [0.25, 0.3) is 0 Å². The summed E-state index contributed by atoms with van der Waals surface area (Å²) in [7, 11) is 0. The third-order valence-electron chi connectivity index (χ3n) is 5.05. The molecule has 1 aliphatic heterocycles. The fourth-order valence-corrected chi connectivity index (χ4v) is 3.42. The average molecular weight is 317 g/mol. The number of nitrogens with zero attached hydrogens (tertiary/aromatic N) is 1. The summed E-state index contributed by atoms with van der Waals surface area (Å²) in [4.78, 5) is 25.7. The summed E-state index contributed by atoms with van der Waals surface area (Å²) in [5.74, 6) is -0.875. The minimum Gasteiger partial charge on any atom is -0.481 e. The molecule has 1 atom stereocenters. The predicted octanol–water partition coefficient (Wildman–Crippen LogP) is 2.10. The van der Waals surface area contributed by atoms with Crippen LogP contribution in [0.4, 0.5) is 0 Å². The number of carboxylic acid groups (broad SMARTS) is 1. The molecule has 124 valence electrons. The van der Waals surface area contributed by atoms with Crippen molar-refractivity contribution in [3.05, 3.63) is 35.9 Å². The molecule has 1 saturated carbocycles. The van der Waals surface area contributed by atoms with Crippen molar-refractivity contribution in [3.63, 3.8) is 0 Å². The molecule has 0 radical (unpaired) electrons. The molecular formula is C18H23NO4. The van der Waals surface area contributed by atoms with Gasteiger partial charge in [0, 0.05) is 25.9 Å². The van der Waals surface area contributed by atoms with Crippen LogP contribution in [-0.4, -0.2) is 47.7 Å². The number of morpholine rings is 1. The molecule has 2 fully saturated rings. The minimum absolute atomic E-state index is 0.0164. The van der Waals surface area contributed by atoms with Crippen LogP contribution in [0.1, 0.15) is 31.2 Å². The molecule has 1 aliphatic carbocycles. The van der Waals surface area contributed by atoms with E-state index in [1.165, 1.54) is 5.56 Å². The van der Waals surface area contributed by atoms with E-state index in [0.717, 1.165) is 12.8 Å². The maximum Gasteiger partial charge on any atom is 0.310 e. The maximum atomic E-state index is 12.5. The van der Waals surface area contributed by atoms with E-state index in [1.54, 1.807) is 4.90 Å². The lowest BCUT2D eigenvalue weighted by Gasteiger charge is -2.40. The van der Waals surface area contributed by atoms with Gasteiger partial charge in [0.05, 0.1) is 18.1 Å². The third-order valence-corrected chi connectivity index (χ3v) is 5.05. The molecule has 5 heteroatoms. The first-order valence-electron chi connectivity index (χ1n) is 8.26. The molecule has 1 aromatic carbocycles. The highest BCUT2D eigenvalue weighted by Crippen LogP contribution is 2.44. The highest BCUT2D eigenvalue weighted by atomic mass is 16.5. The van der Waals surface area contributed by atoms with Gasteiger partial charge >= 0.3 is 5.97 Å². The summed E-state index contributed by atoms with van der Waals surface area (Å²) in [6.45, 7) is 1.62. The molecule has 5 nitrogen and oxygen atoms in total. The first kappa shape index (κ1) is 16.0. The van der Waals surface area contributed by atoms with Gasteiger partial charge in [0.15, 0.2) is 0 Å². The van der Waals surface area contributed by atoms with E-state index in [9.17, 15) is 14.7 Å². The van der Waals surface area contributed by atoms with E-state index in [0.29, 0.717) is 32.5 Å². The minimum atomic E-state index is -0.828. The van der Waals surface area contributed by atoms with Crippen molar-refractivity contribution in [1.29, 1.82) is 0 Å². The summed E-state index contributed by atoms with van der Waals surface area (Å²) < 4.78 is 5.77. The second kappa shape index (κ2) is 6.71. The molecule has 1 N–H and O–H groups in total. The summed E-state index contributed by atoms with van der Waals surface area (Å²) >= 11 is 0. The third kappa shape index (κ3) is 3.55. The van der Waals surface area contributed by atoms with E-state index in [4.69, 9.17) is 4.74 Å². The van der Waals surface area contributed by atoms with Gasteiger partial charge in [-0.3, -0.25) is 9.59 Å². The Morgan fingerprint density at radius 1 is 1.26 bits per heavy atom. The zero-order valence-corrected chi connectivity index (χ0v) is 13.2. The van der Waals surface area contributed by atoms with Gasteiger partial charge in [-0.2, -0.15) is 0 Å². The van der Waals surface area contributed by atoms with Crippen molar-refractivity contribution in [2.75, 3.05) is 19.7 Å². The average Bonchev–Trinajstić information content (AvgIpc) is 2.51. The fraction of sp³-hybridized carbons (Fsp3) is 0.556. The maximum absolute atomic E-state index is 12.5. The summed E-state index contributed by atoms with van der Waals surface area (Å²) in [6.07, 6.45) is 3.02. The molecule has 1 unspecified atom stereocenters. The Hall–Kier alpha value is -1.88. The Balaban J connectivity index is 1.57. The molecule has 1 aromatic rings. The van der Waals surface area contributed by atoms with Crippen LogP contribution in [0.2, 0.25) is 0 Å². The SMILES string of the molecule is O=C(CC1(C(=O)O)CCC1)N1CCOC(Cc2ccccc2)C1. The number of carboxylic acids is 1. The molecule has 0 spiro atoms. The van der Waals surface area contributed by atoms with Gasteiger partial charge in [0.1, 0.15) is 0 Å². The highest BCUT2D eigenvalue weighted by molar-refractivity contribution is 5.85. The van der Waals surface area contributed by atoms with Crippen LogP contribution in [0.25, 0.3) is 0 Å². The van der Waals surface area contributed by atoms with Crippen molar-refractivity contribution in [2.24, 2.45) is 5.41 Å². The summed E-state index contributed by atoms with van der Waals surface area (Å²) in [5, 5.41) is 9.38. The van der Waals surface area contributed by atoms with Crippen molar-refractivity contribution in [3.8, 4) is 0 Å². The summed E-state index contributed by atoms with van der Waals surface area (Å²) in [6, 6.07) is 10.1. The molecule has 1 saturated heterocycles. The van der Waals surface area contributed by atoms with Crippen LogP contribution in [0.5, 0.6) is 0 Å². The van der Waals surface area contributed by atoms with E-state index in [-0.39, 0.29) is 18.4 Å². The number of hydrogen-bond acceptors (Lipinski definition) is 3. The topological polar surface area (TPSA) is 66.8 Å². The Morgan fingerprint density at radius 3 is 2.61 bits per heavy atom. The van der Waals surface area contributed by atoms with Crippen molar-refractivity contribution in [1.82, 2.24) is 4.90 Å². The lowest BCUT2D eigenvalue weighted by atomic mass is 9.66. The number of benzene rings is 1. The Bertz CT molecular complexity index is 568. The van der Waals surface area contributed by atoms with Gasteiger partial charge in [-0.1, -0.05) is 36.8 Å². The van der Waals surface area contributed by atoms with Crippen molar-refractivity contribution >= 4 is 11.9 Å². The van der Waals surface area contributed by atoms with E-state index >= 15 is 0 Å². The van der Waals surface area contributed by atoms with Crippen LogP contribution in [0.15, 0.2) is 30.3 Å². The number of ether oxygens (including phenoxy) is 1. The van der Waals surface area contributed by atoms with Crippen molar-refractivity contribution < 1.29 is 19.4 Å². The van der Waals surface area contributed by atoms with E-state index < -0.39 is 11.4 Å². The lowest BCUT2D eigenvalue weighted by molar-refractivity contribution is -0.161. The molecule has 0 bridgehead atoms. The fourth-order valence-electron chi connectivity index (χ4n) is 3.42. The first-order chi connectivity index (χ1) is 11.1. The standard InChI is InChI=1S/C18H23NO4/c20-16(12-18(17(21)22)7-4-8-18)19-9-10-23-15(13-19)11-14-5-2-1-3-6-14/h1-3,5-6,15H,4,7-13H2,(H,21,22). The molecule has 2 aliphatic rings. The van der Waals surface area contributed by atoms with Crippen LogP contribution in [0, 0.1) is 5.41 Å². The number of carbonyl (C=O) groups excluding carboxylic acids is 1. The number of rotatable bonds is 5. The number of hydrogen-bond donors (Lipinski definition) is 1. The lowest BCUT2D eigenvalue weighted by Crippen LogP contribution is -2.49. The molecular weight excluding hydrogens is 294 g/mol. The largest absolute Gasteiger partial charge is 0.481 e. The zero-order valence-electron chi connectivity index (χ0n) is 13.2. The van der Waals surface area contributed by atoms with Gasteiger partial charge < -0.3 is 14.7 Å². The normalized spacial score (nSPS) is 23.1. The van der Waals surface area contributed by atoms with Crippen LogP contribution in [-0.2, 0) is 20.7 Å². The van der Waals surface area contributed by atoms with E-state index in [1.807, 2.05) is 18.2 Å². The molecule has 1 amide bonds.